The third kappa shape index (κ3) is 6.03. The molecule has 1 atom stereocenters. The van der Waals surface area contributed by atoms with E-state index in [1.807, 2.05) is 50.1 Å². The van der Waals surface area contributed by atoms with Crippen LogP contribution in [0.3, 0.4) is 0 Å². The molecule has 1 aliphatic heterocycles. The molecule has 6 heteroatoms. The second kappa shape index (κ2) is 10.2. The molecule has 0 bridgehead atoms. The van der Waals surface area contributed by atoms with Crippen LogP contribution in [-0.2, 0) is 9.59 Å². The first-order chi connectivity index (χ1) is 13.9. The highest BCUT2D eigenvalue weighted by Crippen LogP contribution is 2.23. The Kier molecular flexibility index (Phi) is 7.67. The number of benzene rings is 1. The van der Waals surface area contributed by atoms with Crippen molar-refractivity contribution in [3.05, 3.63) is 29.8 Å². The summed E-state index contributed by atoms with van der Waals surface area (Å²) in [5.41, 5.74) is 2.01. The van der Waals surface area contributed by atoms with Crippen molar-refractivity contribution < 1.29 is 9.59 Å². The summed E-state index contributed by atoms with van der Waals surface area (Å²) >= 11 is 0. The fourth-order valence-corrected chi connectivity index (χ4v) is 4.45. The van der Waals surface area contributed by atoms with Crippen LogP contribution in [-0.4, -0.2) is 78.4 Å². The van der Waals surface area contributed by atoms with Gasteiger partial charge >= 0.3 is 0 Å². The first-order valence-corrected chi connectivity index (χ1v) is 11.0. The highest BCUT2D eigenvalue weighted by atomic mass is 16.2. The normalized spacial score (nSPS) is 20.2. The Labute approximate surface area is 175 Å². The summed E-state index contributed by atoms with van der Waals surface area (Å²) in [5, 5.41) is 2.96. The van der Waals surface area contributed by atoms with Crippen LogP contribution in [0.1, 0.15) is 44.6 Å². The molecule has 2 amide bonds. The van der Waals surface area contributed by atoms with Gasteiger partial charge in [0.2, 0.25) is 11.8 Å². The van der Waals surface area contributed by atoms with Crippen molar-refractivity contribution in [1.29, 1.82) is 0 Å². The second-order valence-electron chi connectivity index (χ2n) is 8.64. The molecule has 0 aromatic heterocycles. The lowest BCUT2D eigenvalue weighted by atomic mass is 9.94. The molecule has 1 unspecified atom stereocenters. The summed E-state index contributed by atoms with van der Waals surface area (Å²) in [7, 11) is 1.97. The van der Waals surface area contributed by atoms with E-state index in [-0.39, 0.29) is 17.9 Å². The van der Waals surface area contributed by atoms with E-state index in [1.54, 1.807) is 0 Å². The Hall–Kier alpha value is -1.92. The molecule has 1 saturated carbocycles. The summed E-state index contributed by atoms with van der Waals surface area (Å²) in [6.07, 6.45) is 6.05. The Bertz CT molecular complexity index is 677. The topological polar surface area (TPSA) is 55.9 Å². The minimum absolute atomic E-state index is 0.0171. The maximum absolute atomic E-state index is 12.9. The summed E-state index contributed by atoms with van der Waals surface area (Å²) < 4.78 is 0. The Morgan fingerprint density at radius 3 is 2.31 bits per heavy atom. The maximum atomic E-state index is 12.9. The van der Waals surface area contributed by atoms with Gasteiger partial charge in [0.1, 0.15) is 0 Å². The summed E-state index contributed by atoms with van der Waals surface area (Å²) in [6, 6.07) is 8.17. The quantitative estimate of drug-likeness (QED) is 0.798. The highest BCUT2D eigenvalue weighted by molar-refractivity contribution is 5.92. The number of likely N-dealkylation sites (N-methyl/N-ethyl adjacent to an activating group) is 1. The zero-order chi connectivity index (χ0) is 20.8. The molecular formula is C23H36N4O2. The zero-order valence-corrected chi connectivity index (χ0v) is 18.2. The number of carbonyl (C=O) groups is 2. The minimum atomic E-state index is -0.0922. The number of nitrogens with zero attached hydrogens (tertiary/aromatic N) is 3. The Morgan fingerprint density at radius 1 is 1.07 bits per heavy atom. The van der Waals surface area contributed by atoms with Gasteiger partial charge in [0.05, 0.1) is 12.6 Å². The molecule has 6 nitrogen and oxygen atoms in total. The molecule has 0 radical (unpaired) electrons. The number of carbonyl (C=O) groups excluding carboxylic acids is 2. The van der Waals surface area contributed by atoms with E-state index in [2.05, 4.69) is 15.1 Å². The number of aryl methyl sites for hydroxylation is 1. The molecule has 1 N–H and O–H groups in total. The molecule has 29 heavy (non-hydrogen) atoms. The molecule has 3 rings (SSSR count). The largest absolute Gasteiger partial charge is 0.341 e. The minimum Gasteiger partial charge on any atom is -0.341 e. The lowest BCUT2D eigenvalue weighted by Crippen LogP contribution is -2.56. The van der Waals surface area contributed by atoms with Gasteiger partial charge in [-0.25, -0.2) is 0 Å². The molecular weight excluding hydrogens is 364 g/mol. The smallest absolute Gasteiger partial charge is 0.239 e. The van der Waals surface area contributed by atoms with Gasteiger partial charge in [-0.1, -0.05) is 37.0 Å². The molecule has 1 aromatic rings. The number of nitrogens with one attached hydrogen (secondary N) is 1. The third-order valence-electron chi connectivity index (χ3n) is 6.48. The number of amides is 2. The van der Waals surface area contributed by atoms with Gasteiger partial charge in [0.25, 0.3) is 0 Å². The molecule has 2 fully saturated rings. The molecule has 160 valence electrons. The van der Waals surface area contributed by atoms with Crippen LogP contribution >= 0.6 is 0 Å². The maximum Gasteiger partial charge on any atom is 0.239 e. The SMILES string of the molecule is Cc1ccc(NC(=O)CN2CCN(C(C)C(=O)N(C)C3CCCCC3)CC2)cc1. The number of rotatable bonds is 6. The molecule has 1 saturated heterocycles. The fourth-order valence-electron chi connectivity index (χ4n) is 4.45. The van der Waals surface area contributed by atoms with E-state index >= 15 is 0 Å². The van der Waals surface area contributed by atoms with E-state index in [4.69, 9.17) is 0 Å². The van der Waals surface area contributed by atoms with Crippen LogP contribution in [0.2, 0.25) is 0 Å². The van der Waals surface area contributed by atoms with E-state index < -0.39 is 0 Å². The van der Waals surface area contributed by atoms with Gasteiger partial charge < -0.3 is 10.2 Å². The van der Waals surface area contributed by atoms with Crippen molar-refractivity contribution in [2.75, 3.05) is 45.1 Å². The first-order valence-electron chi connectivity index (χ1n) is 11.0. The molecule has 1 aromatic carbocycles. The monoisotopic (exact) mass is 400 g/mol. The van der Waals surface area contributed by atoms with Gasteiger partial charge in [0, 0.05) is 45.0 Å². The van der Waals surface area contributed by atoms with Crippen LogP contribution in [0, 0.1) is 6.92 Å². The van der Waals surface area contributed by atoms with E-state index in [0.29, 0.717) is 12.6 Å². The predicted molar refractivity (Wildman–Crippen MR) is 117 cm³/mol. The average molecular weight is 401 g/mol. The van der Waals surface area contributed by atoms with Crippen LogP contribution in [0.4, 0.5) is 5.69 Å². The van der Waals surface area contributed by atoms with Crippen LogP contribution in [0.5, 0.6) is 0 Å². The van der Waals surface area contributed by atoms with Crippen molar-refractivity contribution in [2.45, 2.75) is 58.0 Å². The fraction of sp³-hybridized carbons (Fsp3) is 0.652. The van der Waals surface area contributed by atoms with Crippen LogP contribution in [0.25, 0.3) is 0 Å². The standard InChI is InChI=1S/C23H36N4O2/c1-18-9-11-20(12-10-18)24-22(28)17-26-13-15-27(16-14-26)19(2)23(29)25(3)21-7-5-4-6-8-21/h9-12,19,21H,4-8,13-17H2,1-3H3,(H,24,28). The number of piperazine rings is 1. The first kappa shape index (κ1) is 21.8. The van der Waals surface area contributed by atoms with Gasteiger partial charge in [-0.3, -0.25) is 19.4 Å². The van der Waals surface area contributed by atoms with E-state index in [1.165, 1.54) is 24.8 Å². The number of hydrogen-bond acceptors (Lipinski definition) is 4. The van der Waals surface area contributed by atoms with Crippen molar-refractivity contribution >= 4 is 17.5 Å². The Morgan fingerprint density at radius 2 is 1.69 bits per heavy atom. The lowest BCUT2D eigenvalue weighted by molar-refractivity contribution is -0.138. The van der Waals surface area contributed by atoms with Crippen LogP contribution < -0.4 is 5.32 Å². The van der Waals surface area contributed by atoms with Crippen LogP contribution in [0.15, 0.2) is 24.3 Å². The van der Waals surface area contributed by atoms with Gasteiger partial charge in [-0.15, -0.1) is 0 Å². The van der Waals surface area contributed by atoms with Crippen molar-refractivity contribution in [3.63, 3.8) is 0 Å². The number of hydrogen-bond donors (Lipinski definition) is 1. The average Bonchev–Trinajstić information content (AvgIpc) is 2.75. The molecule has 1 heterocycles. The molecule has 0 spiro atoms. The highest BCUT2D eigenvalue weighted by Gasteiger charge is 2.31. The predicted octanol–water partition coefficient (Wildman–Crippen LogP) is 2.73. The number of anilines is 1. The van der Waals surface area contributed by atoms with Gasteiger partial charge in [-0.2, -0.15) is 0 Å². The summed E-state index contributed by atoms with van der Waals surface area (Å²) in [4.78, 5) is 31.7. The molecule has 1 aliphatic carbocycles. The molecule has 2 aliphatic rings. The van der Waals surface area contributed by atoms with Crippen molar-refractivity contribution in [1.82, 2.24) is 14.7 Å². The van der Waals surface area contributed by atoms with Gasteiger partial charge in [0.15, 0.2) is 0 Å². The van der Waals surface area contributed by atoms with Gasteiger partial charge in [-0.05, 0) is 38.8 Å². The third-order valence-corrected chi connectivity index (χ3v) is 6.48. The van der Waals surface area contributed by atoms with E-state index in [9.17, 15) is 9.59 Å². The van der Waals surface area contributed by atoms with Crippen molar-refractivity contribution in [2.24, 2.45) is 0 Å². The summed E-state index contributed by atoms with van der Waals surface area (Å²) in [5.74, 6) is 0.255. The van der Waals surface area contributed by atoms with E-state index in [0.717, 1.165) is 44.7 Å². The lowest BCUT2D eigenvalue weighted by Gasteiger charge is -2.40. The summed E-state index contributed by atoms with van der Waals surface area (Å²) in [6.45, 7) is 7.72. The zero-order valence-electron chi connectivity index (χ0n) is 18.2. The Balaban J connectivity index is 1.42. The second-order valence-corrected chi connectivity index (χ2v) is 8.64. The van der Waals surface area contributed by atoms with Crippen molar-refractivity contribution in [3.8, 4) is 0 Å².